The third-order valence-corrected chi connectivity index (χ3v) is 2.57. The van der Waals surface area contributed by atoms with Crippen molar-refractivity contribution in [3.8, 4) is 0 Å². The van der Waals surface area contributed by atoms with Crippen molar-refractivity contribution in [3.63, 3.8) is 0 Å². The van der Waals surface area contributed by atoms with Crippen molar-refractivity contribution in [2.45, 2.75) is 45.8 Å². The number of ketones is 1. The van der Waals surface area contributed by atoms with Gasteiger partial charge in [-0.2, -0.15) is 0 Å². The van der Waals surface area contributed by atoms with Crippen LogP contribution in [0.2, 0.25) is 0 Å². The van der Waals surface area contributed by atoms with Crippen molar-refractivity contribution in [1.82, 2.24) is 0 Å². The van der Waals surface area contributed by atoms with Gasteiger partial charge in [-0.1, -0.05) is 43.7 Å². The van der Waals surface area contributed by atoms with Gasteiger partial charge >= 0.3 is 0 Å². The minimum absolute atomic E-state index is 0.206. The van der Waals surface area contributed by atoms with Crippen LogP contribution in [0.4, 0.5) is 0 Å². The van der Waals surface area contributed by atoms with Crippen LogP contribution < -0.4 is 0 Å². The summed E-state index contributed by atoms with van der Waals surface area (Å²) in [4.78, 5) is 11.6. The van der Waals surface area contributed by atoms with E-state index in [2.05, 4.69) is 6.92 Å². The fraction of sp³-hybridized carbons (Fsp3) is 0.500. The van der Waals surface area contributed by atoms with Crippen LogP contribution in [-0.2, 0) is 16.1 Å². The van der Waals surface area contributed by atoms with Gasteiger partial charge in [0, 0.05) is 6.42 Å². The summed E-state index contributed by atoms with van der Waals surface area (Å²) in [5.74, 6) is 0.206. The van der Waals surface area contributed by atoms with Gasteiger partial charge in [-0.15, -0.1) is 0 Å². The van der Waals surface area contributed by atoms with Gasteiger partial charge in [-0.05, 0) is 18.9 Å². The quantitative estimate of drug-likeness (QED) is 0.704. The second kappa shape index (κ2) is 7.18. The highest BCUT2D eigenvalue weighted by Crippen LogP contribution is 2.06. The van der Waals surface area contributed by atoms with E-state index in [1.165, 1.54) is 0 Å². The number of ether oxygens (including phenoxy) is 1. The van der Waals surface area contributed by atoms with Crippen molar-refractivity contribution in [2.24, 2.45) is 0 Å². The van der Waals surface area contributed by atoms with Crippen LogP contribution >= 0.6 is 0 Å². The monoisotopic (exact) mass is 220 g/mol. The van der Waals surface area contributed by atoms with Crippen molar-refractivity contribution in [1.29, 1.82) is 0 Å². The lowest BCUT2D eigenvalue weighted by Gasteiger charge is -2.11. The number of rotatable bonds is 7. The smallest absolute Gasteiger partial charge is 0.161 e. The van der Waals surface area contributed by atoms with Crippen molar-refractivity contribution < 1.29 is 9.53 Å². The highest BCUT2D eigenvalue weighted by molar-refractivity contribution is 5.82. The minimum atomic E-state index is -0.285. The van der Waals surface area contributed by atoms with Crippen LogP contribution in [-0.4, -0.2) is 11.9 Å². The Hall–Kier alpha value is -1.15. The second-order valence-electron chi connectivity index (χ2n) is 4.01. The van der Waals surface area contributed by atoms with Gasteiger partial charge < -0.3 is 4.74 Å². The third kappa shape index (κ3) is 4.58. The zero-order chi connectivity index (χ0) is 11.8. The van der Waals surface area contributed by atoms with Crippen LogP contribution in [0, 0.1) is 0 Å². The Bertz CT molecular complexity index is 306. The van der Waals surface area contributed by atoms with E-state index < -0.39 is 0 Å². The summed E-state index contributed by atoms with van der Waals surface area (Å²) in [6.45, 7) is 4.43. The highest BCUT2D eigenvalue weighted by atomic mass is 16.5. The highest BCUT2D eigenvalue weighted by Gasteiger charge is 2.12. The molecule has 1 atom stereocenters. The second-order valence-corrected chi connectivity index (χ2v) is 4.01. The topological polar surface area (TPSA) is 26.3 Å². The van der Waals surface area contributed by atoms with E-state index in [1.807, 2.05) is 37.3 Å². The number of benzene rings is 1. The van der Waals surface area contributed by atoms with E-state index >= 15 is 0 Å². The molecule has 0 aromatic heterocycles. The number of carbonyl (C=O) groups is 1. The molecule has 0 aliphatic carbocycles. The van der Waals surface area contributed by atoms with Gasteiger partial charge in [-0.25, -0.2) is 0 Å². The van der Waals surface area contributed by atoms with E-state index in [0.717, 1.165) is 18.4 Å². The molecule has 0 amide bonds. The summed E-state index contributed by atoms with van der Waals surface area (Å²) in [5.41, 5.74) is 1.11. The summed E-state index contributed by atoms with van der Waals surface area (Å²) in [7, 11) is 0. The fourth-order valence-corrected chi connectivity index (χ4v) is 1.44. The lowest BCUT2D eigenvalue weighted by molar-refractivity contribution is -0.130. The Morgan fingerprint density at radius 1 is 1.31 bits per heavy atom. The largest absolute Gasteiger partial charge is 0.366 e. The van der Waals surface area contributed by atoms with Gasteiger partial charge in [0.05, 0.1) is 6.61 Å². The Balaban J connectivity index is 2.29. The van der Waals surface area contributed by atoms with E-state index in [-0.39, 0.29) is 11.9 Å². The lowest BCUT2D eigenvalue weighted by Crippen LogP contribution is -2.20. The molecule has 0 fully saturated rings. The number of carbonyl (C=O) groups excluding carboxylic acids is 1. The molecule has 1 aromatic rings. The van der Waals surface area contributed by atoms with Gasteiger partial charge in [0.1, 0.15) is 6.10 Å². The molecule has 0 saturated heterocycles. The number of unbranched alkanes of at least 4 members (excludes halogenated alkanes) is 1. The zero-order valence-electron chi connectivity index (χ0n) is 10.1. The average Bonchev–Trinajstić information content (AvgIpc) is 2.34. The maximum absolute atomic E-state index is 11.6. The molecular formula is C14H20O2. The van der Waals surface area contributed by atoms with Crippen molar-refractivity contribution in [2.75, 3.05) is 0 Å². The van der Waals surface area contributed by atoms with E-state index in [1.54, 1.807) is 0 Å². The first-order chi connectivity index (χ1) is 7.74. The lowest BCUT2D eigenvalue weighted by atomic mass is 10.1. The summed E-state index contributed by atoms with van der Waals surface area (Å²) in [6.07, 6.45) is 2.35. The van der Waals surface area contributed by atoms with Crippen LogP contribution in [0.3, 0.4) is 0 Å². The maximum Gasteiger partial charge on any atom is 0.161 e. The molecule has 16 heavy (non-hydrogen) atoms. The predicted octanol–water partition coefficient (Wildman–Crippen LogP) is 3.35. The van der Waals surface area contributed by atoms with Gasteiger partial charge in [0.15, 0.2) is 5.78 Å². The van der Waals surface area contributed by atoms with E-state index in [9.17, 15) is 4.79 Å². The van der Waals surface area contributed by atoms with E-state index in [4.69, 9.17) is 4.74 Å². The van der Waals surface area contributed by atoms with Crippen LogP contribution in [0.5, 0.6) is 0 Å². The molecule has 2 heteroatoms. The zero-order valence-corrected chi connectivity index (χ0v) is 10.1. The molecule has 0 saturated carbocycles. The molecule has 0 aliphatic heterocycles. The Morgan fingerprint density at radius 2 is 2.00 bits per heavy atom. The number of Topliss-reactive ketones (excluding diaryl/α,β-unsaturated/α-hetero) is 1. The normalized spacial score (nSPS) is 12.4. The number of hydrogen-bond donors (Lipinski definition) is 0. The van der Waals surface area contributed by atoms with Gasteiger partial charge in [0.2, 0.25) is 0 Å². The first kappa shape index (κ1) is 12.9. The summed E-state index contributed by atoms with van der Waals surface area (Å²) in [5, 5.41) is 0. The van der Waals surface area contributed by atoms with Gasteiger partial charge in [-0.3, -0.25) is 4.79 Å². The Morgan fingerprint density at radius 3 is 2.62 bits per heavy atom. The molecule has 0 spiro atoms. The predicted molar refractivity (Wildman–Crippen MR) is 65.2 cm³/mol. The van der Waals surface area contributed by atoms with Crippen LogP contribution in [0.15, 0.2) is 30.3 Å². The summed E-state index contributed by atoms with van der Waals surface area (Å²) < 4.78 is 5.54. The van der Waals surface area contributed by atoms with E-state index in [0.29, 0.717) is 13.0 Å². The summed E-state index contributed by atoms with van der Waals surface area (Å²) in [6, 6.07) is 9.93. The van der Waals surface area contributed by atoms with Crippen molar-refractivity contribution in [3.05, 3.63) is 35.9 Å². The molecule has 0 heterocycles. The number of hydrogen-bond acceptors (Lipinski definition) is 2. The average molecular weight is 220 g/mol. The molecule has 0 radical (unpaired) electrons. The summed E-state index contributed by atoms with van der Waals surface area (Å²) >= 11 is 0. The molecule has 0 unspecified atom stereocenters. The maximum atomic E-state index is 11.6. The molecule has 1 aromatic carbocycles. The Kier molecular flexibility index (Phi) is 5.79. The first-order valence-electron chi connectivity index (χ1n) is 5.92. The van der Waals surface area contributed by atoms with Crippen molar-refractivity contribution >= 4 is 5.78 Å². The molecule has 0 aliphatic rings. The fourth-order valence-electron chi connectivity index (χ4n) is 1.44. The first-order valence-corrected chi connectivity index (χ1v) is 5.92. The molecule has 0 bridgehead atoms. The van der Waals surface area contributed by atoms with Crippen LogP contribution in [0.25, 0.3) is 0 Å². The van der Waals surface area contributed by atoms with Crippen LogP contribution in [0.1, 0.15) is 38.7 Å². The Labute approximate surface area is 97.6 Å². The molecule has 2 nitrogen and oxygen atoms in total. The molecule has 88 valence electrons. The SMILES string of the molecule is CCCCC(=O)[C@@H](C)OCc1ccccc1. The van der Waals surface area contributed by atoms with Gasteiger partial charge in [0.25, 0.3) is 0 Å². The molecule has 1 rings (SSSR count). The standard InChI is InChI=1S/C14H20O2/c1-3-4-10-14(15)12(2)16-11-13-8-6-5-7-9-13/h5-9,12H,3-4,10-11H2,1-2H3/t12-/m1/s1. The minimum Gasteiger partial charge on any atom is -0.366 e. The molecular weight excluding hydrogens is 200 g/mol. The third-order valence-electron chi connectivity index (χ3n) is 2.57. The molecule has 0 N–H and O–H groups in total.